The summed E-state index contributed by atoms with van der Waals surface area (Å²) in [6, 6.07) is 5.27. The molecule has 4 heteroatoms. The molecule has 1 rings (SSSR count). The fourth-order valence-corrected chi connectivity index (χ4v) is 1.87. The average molecular weight is 280 g/mol. The molecule has 0 spiro atoms. The maximum atomic E-state index is 10.2. The lowest BCUT2D eigenvalue weighted by atomic mass is 10.2. The van der Waals surface area contributed by atoms with Crippen LogP contribution in [0.4, 0.5) is 0 Å². The maximum Gasteiger partial charge on any atom is 0.144 e. The van der Waals surface area contributed by atoms with Gasteiger partial charge in [0, 0.05) is 10.0 Å². The van der Waals surface area contributed by atoms with Crippen LogP contribution in [-0.4, -0.2) is 6.29 Å². The minimum atomic E-state index is 0.340. The van der Waals surface area contributed by atoms with E-state index in [1.807, 2.05) is 6.07 Å². The molecule has 0 unspecified atom stereocenters. The highest BCUT2D eigenvalue weighted by Gasteiger charge is 2.03. The highest BCUT2D eigenvalue weighted by Crippen LogP contribution is 2.28. The molecule has 0 aliphatic carbocycles. The summed E-state index contributed by atoms with van der Waals surface area (Å²) in [5, 5.41) is 0.852. The van der Waals surface area contributed by atoms with Crippen LogP contribution in [0.3, 0.4) is 0 Å². The van der Waals surface area contributed by atoms with Gasteiger partial charge in [0.2, 0.25) is 0 Å². The Morgan fingerprint density at radius 1 is 1.46 bits per heavy atom. The Hall–Kier alpha value is -0.310. The molecule has 0 radical (unpaired) electrons. The van der Waals surface area contributed by atoms with Crippen molar-refractivity contribution in [2.24, 2.45) is 0 Å². The summed E-state index contributed by atoms with van der Waals surface area (Å²) in [5.74, 6) is 0. The summed E-state index contributed by atoms with van der Waals surface area (Å²) in [6.45, 7) is 0. The van der Waals surface area contributed by atoms with Gasteiger partial charge in [-0.2, -0.15) is 0 Å². The highest BCUT2D eigenvalue weighted by molar-refractivity contribution is 9.10. The van der Waals surface area contributed by atoms with Gasteiger partial charge < -0.3 is 0 Å². The fourth-order valence-electron chi connectivity index (χ4n) is 0.833. The monoisotopic (exact) mass is 278 g/mol. The molecule has 68 valence electrons. The van der Waals surface area contributed by atoms with E-state index in [1.165, 1.54) is 6.08 Å². The Morgan fingerprint density at radius 3 is 2.69 bits per heavy atom. The van der Waals surface area contributed by atoms with Gasteiger partial charge in [0.15, 0.2) is 0 Å². The van der Waals surface area contributed by atoms with Crippen LogP contribution in [-0.2, 0) is 4.79 Å². The van der Waals surface area contributed by atoms with Crippen molar-refractivity contribution in [1.82, 2.24) is 0 Å². The molecule has 0 amide bonds. The lowest BCUT2D eigenvalue weighted by Crippen LogP contribution is -1.80. The van der Waals surface area contributed by atoms with Crippen LogP contribution < -0.4 is 0 Å². The summed E-state index contributed by atoms with van der Waals surface area (Å²) in [7, 11) is 0. The molecule has 1 aromatic carbocycles. The van der Waals surface area contributed by atoms with Gasteiger partial charge in [-0.15, -0.1) is 0 Å². The summed E-state index contributed by atoms with van der Waals surface area (Å²) in [5.41, 5.74) is 0.652. The Balaban J connectivity index is 3.15. The first-order chi connectivity index (χ1) is 6.15. The molecule has 13 heavy (non-hydrogen) atoms. The van der Waals surface area contributed by atoms with Gasteiger partial charge in [0.25, 0.3) is 0 Å². The summed E-state index contributed by atoms with van der Waals surface area (Å²) < 4.78 is 0.872. The van der Waals surface area contributed by atoms with Gasteiger partial charge in [-0.05, 0) is 18.2 Å². The van der Waals surface area contributed by atoms with Crippen molar-refractivity contribution in [2.45, 2.75) is 0 Å². The molecule has 0 N–H and O–H groups in total. The second-order valence-corrected chi connectivity index (χ2v) is 4.00. The van der Waals surface area contributed by atoms with Crippen LogP contribution in [0.15, 0.2) is 28.7 Å². The van der Waals surface area contributed by atoms with Gasteiger partial charge in [-0.3, -0.25) is 4.79 Å². The Labute approximate surface area is 94.5 Å². The highest BCUT2D eigenvalue weighted by atomic mass is 79.9. The van der Waals surface area contributed by atoms with Crippen LogP contribution in [0.2, 0.25) is 5.02 Å². The van der Waals surface area contributed by atoms with Crippen molar-refractivity contribution in [3.63, 3.8) is 0 Å². The quantitative estimate of drug-likeness (QED) is 0.593. The number of hydrogen-bond acceptors (Lipinski definition) is 1. The molecule has 1 aromatic rings. The molecule has 0 fully saturated rings. The van der Waals surface area contributed by atoms with E-state index in [4.69, 9.17) is 23.2 Å². The number of halogens is 3. The van der Waals surface area contributed by atoms with Crippen LogP contribution in [0, 0.1) is 0 Å². The lowest BCUT2D eigenvalue weighted by molar-refractivity contribution is -0.104. The standard InChI is InChI=1S/C9H5BrCl2O/c10-6-1-2-7(9(12)5-6)8(11)3-4-13/h1-5H/b8-3+. The number of carbonyl (C=O) groups excluding carboxylic acids is 1. The molecule has 0 bridgehead atoms. The topological polar surface area (TPSA) is 17.1 Å². The van der Waals surface area contributed by atoms with Gasteiger partial charge in [-0.25, -0.2) is 0 Å². The van der Waals surface area contributed by atoms with Crippen molar-refractivity contribution in [2.75, 3.05) is 0 Å². The summed E-state index contributed by atoms with van der Waals surface area (Å²) >= 11 is 15.0. The normalized spacial score (nSPS) is 11.5. The number of aldehydes is 1. The lowest BCUT2D eigenvalue weighted by Gasteiger charge is -2.01. The van der Waals surface area contributed by atoms with E-state index in [0.717, 1.165) is 4.47 Å². The summed E-state index contributed by atoms with van der Waals surface area (Å²) in [6.07, 6.45) is 1.89. The molecule has 0 aromatic heterocycles. The molecule has 0 saturated heterocycles. The first-order valence-corrected chi connectivity index (χ1v) is 4.96. The Morgan fingerprint density at radius 2 is 2.15 bits per heavy atom. The minimum Gasteiger partial charge on any atom is -0.299 e. The molecule has 0 aliphatic rings. The second kappa shape index (κ2) is 4.80. The van der Waals surface area contributed by atoms with E-state index < -0.39 is 0 Å². The van der Waals surface area contributed by atoms with Gasteiger partial charge in [-0.1, -0.05) is 45.2 Å². The first kappa shape index (κ1) is 10.8. The van der Waals surface area contributed by atoms with Crippen LogP contribution >= 0.6 is 39.1 Å². The minimum absolute atomic E-state index is 0.340. The van der Waals surface area contributed by atoms with E-state index in [2.05, 4.69) is 15.9 Å². The predicted octanol–water partition coefficient (Wildman–Crippen LogP) is 3.88. The number of allylic oxidation sites excluding steroid dienone is 1. The SMILES string of the molecule is O=C/C=C(/Cl)c1ccc(Br)cc1Cl. The van der Waals surface area contributed by atoms with Crippen LogP contribution in [0.5, 0.6) is 0 Å². The fraction of sp³-hybridized carbons (Fsp3) is 0. The van der Waals surface area contributed by atoms with Crippen LogP contribution in [0.1, 0.15) is 5.56 Å². The molecule has 0 saturated carbocycles. The molecular weight excluding hydrogens is 275 g/mol. The van der Waals surface area contributed by atoms with Gasteiger partial charge >= 0.3 is 0 Å². The average Bonchev–Trinajstić information content (AvgIpc) is 2.04. The third-order valence-electron chi connectivity index (χ3n) is 1.40. The molecule has 0 aliphatic heterocycles. The van der Waals surface area contributed by atoms with Crippen molar-refractivity contribution >= 4 is 50.5 Å². The molecule has 1 nitrogen and oxygen atoms in total. The Kier molecular flexibility index (Phi) is 3.97. The number of carbonyl (C=O) groups is 1. The van der Waals surface area contributed by atoms with Crippen molar-refractivity contribution in [3.05, 3.63) is 39.3 Å². The molecule has 0 atom stereocenters. The number of rotatable bonds is 2. The third kappa shape index (κ3) is 2.83. The molecule has 0 heterocycles. The van der Waals surface area contributed by atoms with Crippen molar-refractivity contribution in [3.8, 4) is 0 Å². The van der Waals surface area contributed by atoms with E-state index in [9.17, 15) is 4.79 Å². The van der Waals surface area contributed by atoms with Crippen molar-refractivity contribution < 1.29 is 4.79 Å². The van der Waals surface area contributed by atoms with Gasteiger partial charge in [0.05, 0.1) is 10.1 Å². The smallest absolute Gasteiger partial charge is 0.144 e. The molecular formula is C9H5BrCl2O. The van der Waals surface area contributed by atoms with E-state index >= 15 is 0 Å². The van der Waals surface area contributed by atoms with Gasteiger partial charge in [0.1, 0.15) is 6.29 Å². The van der Waals surface area contributed by atoms with Crippen LogP contribution in [0.25, 0.3) is 5.03 Å². The summed E-state index contributed by atoms with van der Waals surface area (Å²) in [4.78, 5) is 10.2. The number of benzene rings is 1. The maximum absolute atomic E-state index is 10.2. The second-order valence-electron chi connectivity index (χ2n) is 2.27. The van der Waals surface area contributed by atoms with Crippen molar-refractivity contribution in [1.29, 1.82) is 0 Å². The number of hydrogen-bond donors (Lipinski definition) is 0. The zero-order valence-corrected chi connectivity index (χ0v) is 9.53. The van der Waals surface area contributed by atoms with E-state index in [1.54, 1.807) is 12.1 Å². The zero-order valence-electron chi connectivity index (χ0n) is 6.43. The largest absolute Gasteiger partial charge is 0.299 e. The van der Waals surface area contributed by atoms with E-state index in [0.29, 0.717) is 21.9 Å². The Bertz CT molecular complexity index is 361. The first-order valence-electron chi connectivity index (χ1n) is 3.41. The predicted molar refractivity (Wildman–Crippen MR) is 59.0 cm³/mol. The zero-order chi connectivity index (χ0) is 9.84. The third-order valence-corrected chi connectivity index (χ3v) is 2.54. The van der Waals surface area contributed by atoms with E-state index in [-0.39, 0.29) is 0 Å².